The zero-order valence-corrected chi connectivity index (χ0v) is 27.1. The first-order valence-electron chi connectivity index (χ1n) is 17.4. The van der Waals surface area contributed by atoms with Gasteiger partial charge in [0.25, 0.3) is 0 Å². The Bertz CT molecular complexity index is 2710. The Kier molecular flexibility index (Phi) is 5.52. The highest BCUT2D eigenvalue weighted by atomic mass is 14.5. The smallest absolute Gasteiger partial charge is 0.0296 e. The van der Waals surface area contributed by atoms with Crippen molar-refractivity contribution in [1.82, 2.24) is 0 Å². The van der Waals surface area contributed by atoms with E-state index in [0.717, 1.165) is 12.8 Å². The first kappa shape index (κ1) is 27.0. The standard InChI is InChI=1S/C49H32/c1-2-7-31(8-3-1)32-13-15-33(16-14-32)37-21-24-42-43-25-22-38(28-46(43)49(45(42)27-37)29-39-9-4-5-10-40(39)30-49)41-23-19-36-18-17-34-11-6-12-35-20-26-44(41)48(36)47(34)35/h1-28H,29-30H2. The summed E-state index contributed by atoms with van der Waals surface area (Å²) in [4.78, 5) is 0. The third kappa shape index (κ3) is 3.86. The fourth-order valence-corrected chi connectivity index (χ4v) is 9.31. The fourth-order valence-electron chi connectivity index (χ4n) is 9.31. The lowest BCUT2D eigenvalue weighted by atomic mass is 9.74. The van der Waals surface area contributed by atoms with E-state index in [9.17, 15) is 0 Å². The number of rotatable bonds is 3. The van der Waals surface area contributed by atoms with E-state index in [4.69, 9.17) is 0 Å². The largest absolute Gasteiger partial charge is 0.0622 e. The van der Waals surface area contributed by atoms with Gasteiger partial charge < -0.3 is 0 Å². The van der Waals surface area contributed by atoms with E-state index in [-0.39, 0.29) is 5.41 Å². The van der Waals surface area contributed by atoms with E-state index >= 15 is 0 Å². The zero-order valence-electron chi connectivity index (χ0n) is 27.1. The normalized spacial score (nSPS) is 14.1. The molecule has 2 aliphatic carbocycles. The van der Waals surface area contributed by atoms with Crippen molar-refractivity contribution in [3.8, 4) is 44.5 Å². The third-order valence-electron chi connectivity index (χ3n) is 11.6. The van der Waals surface area contributed by atoms with Gasteiger partial charge in [0.2, 0.25) is 0 Å². The molecule has 2 aliphatic rings. The Morgan fingerprint density at radius 2 is 0.816 bits per heavy atom. The molecule has 9 aromatic rings. The van der Waals surface area contributed by atoms with E-state index in [2.05, 4.69) is 170 Å². The van der Waals surface area contributed by atoms with Gasteiger partial charge in [-0.15, -0.1) is 0 Å². The van der Waals surface area contributed by atoms with Crippen LogP contribution in [0.25, 0.3) is 76.8 Å². The van der Waals surface area contributed by atoms with E-state index in [1.54, 1.807) is 0 Å². The predicted molar refractivity (Wildman–Crippen MR) is 207 cm³/mol. The van der Waals surface area contributed by atoms with Gasteiger partial charge in [0.15, 0.2) is 0 Å². The monoisotopic (exact) mass is 620 g/mol. The van der Waals surface area contributed by atoms with Crippen LogP contribution in [0, 0.1) is 0 Å². The zero-order chi connectivity index (χ0) is 32.1. The lowest BCUT2D eigenvalue weighted by Gasteiger charge is -2.28. The van der Waals surface area contributed by atoms with Gasteiger partial charge in [-0.3, -0.25) is 0 Å². The van der Waals surface area contributed by atoms with Crippen LogP contribution in [0.4, 0.5) is 0 Å². The van der Waals surface area contributed by atoms with Crippen LogP contribution in [0.1, 0.15) is 22.3 Å². The molecule has 0 saturated heterocycles. The van der Waals surface area contributed by atoms with E-state index in [0.29, 0.717) is 0 Å². The van der Waals surface area contributed by atoms with E-state index in [1.807, 2.05) is 0 Å². The molecule has 0 N–H and O–H groups in total. The number of hydrogen-bond donors (Lipinski definition) is 0. The molecule has 0 aromatic heterocycles. The van der Waals surface area contributed by atoms with Crippen LogP contribution in [-0.2, 0) is 18.3 Å². The average Bonchev–Trinajstić information content (AvgIpc) is 3.69. The van der Waals surface area contributed by atoms with Crippen molar-refractivity contribution in [3.05, 3.63) is 192 Å². The Labute approximate surface area is 286 Å². The highest BCUT2D eigenvalue weighted by Gasteiger charge is 2.47. The Morgan fingerprint density at radius 1 is 0.327 bits per heavy atom. The molecular weight excluding hydrogens is 589 g/mol. The topological polar surface area (TPSA) is 0 Å². The van der Waals surface area contributed by atoms with E-state index in [1.165, 1.54) is 99.1 Å². The minimum Gasteiger partial charge on any atom is -0.0622 e. The second kappa shape index (κ2) is 10.0. The fraction of sp³-hybridized carbons (Fsp3) is 0.0612. The maximum Gasteiger partial charge on any atom is 0.0296 e. The highest BCUT2D eigenvalue weighted by molar-refractivity contribution is 6.25. The van der Waals surface area contributed by atoms with Crippen LogP contribution < -0.4 is 0 Å². The van der Waals surface area contributed by atoms with Gasteiger partial charge in [-0.2, -0.15) is 0 Å². The number of benzene rings is 9. The van der Waals surface area contributed by atoms with Crippen molar-refractivity contribution < 1.29 is 0 Å². The summed E-state index contributed by atoms with van der Waals surface area (Å²) in [7, 11) is 0. The van der Waals surface area contributed by atoms with Gasteiger partial charge in [-0.25, -0.2) is 0 Å². The van der Waals surface area contributed by atoms with Crippen LogP contribution >= 0.6 is 0 Å². The van der Waals surface area contributed by atoms with Crippen LogP contribution in [0.2, 0.25) is 0 Å². The van der Waals surface area contributed by atoms with Crippen molar-refractivity contribution in [2.45, 2.75) is 18.3 Å². The molecule has 0 heterocycles. The molecule has 228 valence electrons. The third-order valence-corrected chi connectivity index (χ3v) is 11.6. The first-order chi connectivity index (χ1) is 24.2. The Balaban J connectivity index is 1.08. The first-order valence-corrected chi connectivity index (χ1v) is 17.4. The summed E-state index contributed by atoms with van der Waals surface area (Å²) >= 11 is 0. The van der Waals surface area contributed by atoms with Crippen LogP contribution in [0.5, 0.6) is 0 Å². The van der Waals surface area contributed by atoms with Crippen molar-refractivity contribution in [1.29, 1.82) is 0 Å². The number of fused-ring (bicyclic) bond motifs is 6. The quantitative estimate of drug-likeness (QED) is 0.172. The molecule has 11 rings (SSSR count). The molecule has 0 heteroatoms. The SMILES string of the molecule is c1ccc(-c2ccc(-c3ccc4c(c3)C3(Cc5ccccc5C3)c3cc(-c5ccc6ccc7cccc8ccc5c6c78)ccc3-4)cc2)cc1. The lowest BCUT2D eigenvalue weighted by Crippen LogP contribution is -2.26. The van der Waals surface area contributed by atoms with Gasteiger partial charge in [0, 0.05) is 5.41 Å². The molecule has 0 fully saturated rings. The van der Waals surface area contributed by atoms with Gasteiger partial charge in [0.05, 0.1) is 0 Å². The molecule has 0 saturated carbocycles. The van der Waals surface area contributed by atoms with Crippen LogP contribution in [0.3, 0.4) is 0 Å². The van der Waals surface area contributed by atoms with Crippen LogP contribution in [0.15, 0.2) is 170 Å². The minimum atomic E-state index is -0.0891. The van der Waals surface area contributed by atoms with E-state index < -0.39 is 0 Å². The minimum absolute atomic E-state index is 0.0891. The highest BCUT2D eigenvalue weighted by Crippen LogP contribution is 2.57. The Hall–Kier alpha value is -5.98. The molecule has 1 spiro atoms. The molecule has 0 nitrogen and oxygen atoms in total. The lowest BCUT2D eigenvalue weighted by molar-refractivity contribution is 0.564. The van der Waals surface area contributed by atoms with Crippen molar-refractivity contribution in [2.75, 3.05) is 0 Å². The predicted octanol–water partition coefficient (Wildman–Crippen LogP) is 12.7. The van der Waals surface area contributed by atoms with Crippen molar-refractivity contribution in [3.63, 3.8) is 0 Å². The summed E-state index contributed by atoms with van der Waals surface area (Å²) in [5.74, 6) is 0. The van der Waals surface area contributed by atoms with Crippen LogP contribution in [-0.4, -0.2) is 0 Å². The Morgan fingerprint density at radius 3 is 1.51 bits per heavy atom. The summed E-state index contributed by atoms with van der Waals surface area (Å²) in [5.41, 5.74) is 16.2. The van der Waals surface area contributed by atoms with Gasteiger partial charge >= 0.3 is 0 Å². The average molecular weight is 621 g/mol. The van der Waals surface area contributed by atoms with Gasteiger partial charge in [0.1, 0.15) is 0 Å². The second-order valence-electron chi connectivity index (χ2n) is 14.1. The summed E-state index contributed by atoms with van der Waals surface area (Å²) in [5, 5.41) is 8.02. The summed E-state index contributed by atoms with van der Waals surface area (Å²) < 4.78 is 0. The van der Waals surface area contributed by atoms with Crippen molar-refractivity contribution >= 4 is 32.3 Å². The van der Waals surface area contributed by atoms with Gasteiger partial charge in [-0.1, -0.05) is 158 Å². The summed E-state index contributed by atoms with van der Waals surface area (Å²) in [6, 6.07) is 63.9. The second-order valence-corrected chi connectivity index (χ2v) is 14.1. The molecule has 0 bridgehead atoms. The molecular formula is C49H32. The molecule has 0 amide bonds. The molecule has 0 atom stereocenters. The maximum absolute atomic E-state index is 2.54. The maximum atomic E-state index is 2.54. The molecule has 9 aromatic carbocycles. The molecule has 0 unspecified atom stereocenters. The van der Waals surface area contributed by atoms with Crippen molar-refractivity contribution in [2.24, 2.45) is 0 Å². The summed E-state index contributed by atoms with van der Waals surface area (Å²) in [6.45, 7) is 0. The molecule has 0 radical (unpaired) electrons. The number of hydrogen-bond acceptors (Lipinski definition) is 0. The molecule has 49 heavy (non-hydrogen) atoms. The summed E-state index contributed by atoms with van der Waals surface area (Å²) in [6.07, 6.45) is 2.06. The van der Waals surface area contributed by atoms with Gasteiger partial charge in [-0.05, 0) is 124 Å². The molecule has 0 aliphatic heterocycles.